The van der Waals surface area contributed by atoms with E-state index in [2.05, 4.69) is 170 Å². The normalized spacial score (nSPS) is 11.0. The molecular formula is C105H66Br5N11OS. The summed E-state index contributed by atoms with van der Waals surface area (Å²) >= 11 is 19.3. The van der Waals surface area contributed by atoms with Crippen LogP contribution >= 0.6 is 91.0 Å². The third-order valence-electron chi connectivity index (χ3n) is 20.0. The first-order valence-electron chi connectivity index (χ1n) is 39.3. The van der Waals surface area contributed by atoms with E-state index >= 15 is 0 Å². The number of aromatic nitrogens is 11. The zero-order valence-electron chi connectivity index (χ0n) is 65.2. The van der Waals surface area contributed by atoms with Gasteiger partial charge in [-0.15, -0.1) is 11.3 Å². The second kappa shape index (κ2) is 37.7. The second-order valence-electron chi connectivity index (χ2n) is 28.2. The molecule has 22 rings (SSSR count). The molecule has 588 valence electrons. The van der Waals surface area contributed by atoms with E-state index in [1.165, 1.54) is 10.1 Å². The average Bonchev–Trinajstić information content (AvgIpc) is 1.61. The minimum Gasteiger partial charge on any atom is -0.452 e. The number of hydrogen-bond acceptors (Lipinski definition) is 13. The molecule has 0 fully saturated rings. The first kappa shape index (κ1) is 80.6. The Morgan fingerprint density at radius 3 is 1.13 bits per heavy atom. The molecule has 7 heterocycles. The smallest absolute Gasteiger partial charge is 0.180 e. The fourth-order valence-corrected chi connectivity index (χ4v) is 16.7. The van der Waals surface area contributed by atoms with Crippen molar-refractivity contribution in [3.8, 4) is 124 Å². The van der Waals surface area contributed by atoms with Crippen molar-refractivity contribution >= 4 is 155 Å². The molecule has 0 saturated carbocycles. The van der Waals surface area contributed by atoms with E-state index in [0.717, 1.165) is 178 Å². The molecule has 0 radical (unpaired) electrons. The molecule has 0 aliphatic rings. The van der Waals surface area contributed by atoms with E-state index in [-0.39, 0.29) is 0 Å². The van der Waals surface area contributed by atoms with Gasteiger partial charge in [-0.3, -0.25) is 0 Å². The van der Waals surface area contributed by atoms with Crippen molar-refractivity contribution in [1.82, 2.24) is 54.8 Å². The molecule has 0 bridgehead atoms. The second-order valence-corrected chi connectivity index (χ2v) is 33.7. The summed E-state index contributed by atoms with van der Waals surface area (Å²) in [6.07, 6.45) is 0. The summed E-state index contributed by atoms with van der Waals surface area (Å²) in [7, 11) is 0. The molecule has 22 aromatic rings. The molecule has 0 saturated heterocycles. The molecule has 7 aromatic heterocycles. The van der Waals surface area contributed by atoms with E-state index in [1.54, 1.807) is 11.3 Å². The maximum atomic E-state index is 6.12. The minimum absolute atomic E-state index is 0.661. The van der Waals surface area contributed by atoms with Crippen LogP contribution in [0.4, 0.5) is 0 Å². The number of furan rings is 1. The van der Waals surface area contributed by atoms with Crippen molar-refractivity contribution in [2.45, 2.75) is 0 Å². The number of hydrogen-bond donors (Lipinski definition) is 0. The number of thiophene rings is 1. The largest absolute Gasteiger partial charge is 0.452 e. The fourth-order valence-electron chi connectivity index (χ4n) is 14.1. The van der Waals surface area contributed by atoms with Gasteiger partial charge in [-0.1, -0.05) is 389 Å². The van der Waals surface area contributed by atoms with E-state index in [4.69, 9.17) is 54.3 Å². The van der Waals surface area contributed by atoms with Gasteiger partial charge in [-0.2, -0.15) is 0 Å². The summed E-state index contributed by atoms with van der Waals surface area (Å²) in [6.45, 7) is 0. The van der Waals surface area contributed by atoms with Crippen LogP contribution in [0.2, 0.25) is 0 Å². The Kier molecular flexibility index (Phi) is 24.7. The molecule has 0 aliphatic heterocycles. The van der Waals surface area contributed by atoms with Gasteiger partial charge >= 0.3 is 0 Å². The zero-order valence-corrected chi connectivity index (χ0v) is 74.0. The molecular weight excluding hydrogens is 1860 g/mol. The summed E-state index contributed by atoms with van der Waals surface area (Å²) in [6, 6.07) is 134. The van der Waals surface area contributed by atoms with Crippen LogP contribution in [0.25, 0.3) is 189 Å². The quantitative estimate of drug-likeness (QED) is 0.121. The standard InChI is InChI=1S/C22H13BrN2O.C22H13BrN2S.C21H14BrN3.2C20H13BrN2/c23-16-12-10-15(11-13-16)22-24-19(14-6-2-1-3-7-14)21-20(25-22)17-8-4-5-9-18(17)26-21;23-16-12-10-15(11-13-16)20-19(14-6-2-1-3-7-14)24-21-17-8-4-5-9-18(17)26-22(21)25-20;22-18-13-7-12-17(14-18)21-24-19(15-8-3-1-4-9-15)23-20(25-21)16-10-5-2-6-11-16;21-16-11-5-4-10-15(16)20-19(14-8-2-1-3-9-14)22-17-12-6-7-13-18(17)23-20;21-16-12-10-15(11-13-16)20-22-18-9-5-4-8-17(18)19(23-20)14-6-2-1-3-7-14/h2*1-13H;1-14H;2*1-13H. The fraction of sp³-hybridized carbons (Fsp3) is 0. The van der Waals surface area contributed by atoms with Crippen LogP contribution in [-0.4, -0.2) is 54.8 Å². The summed E-state index contributed by atoms with van der Waals surface area (Å²) in [5, 5.41) is 3.24. The van der Waals surface area contributed by atoms with Crippen LogP contribution < -0.4 is 0 Å². The molecule has 18 heteroatoms. The Balaban J connectivity index is 0.000000105. The monoisotopic (exact) mass is 1920 g/mol. The van der Waals surface area contributed by atoms with Crippen molar-refractivity contribution in [1.29, 1.82) is 0 Å². The Hall–Kier alpha value is -13.4. The molecule has 0 aliphatic carbocycles. The van der Waals surface area contributed by atoms with Crippen molar-refractivity contribution in [2.24, 2.45) is 0 Å². The molecule has 0 spiro atoms. The molecule has 123 heavy (non-hydrogen) atoms. The van der Waals surface area contributed by atoms with E-state index < -0.39 is 0 Å². The zero-order chi connectivity index (χ0) is 83.4. The third kappa shape index (κ3) is 18.6. The predicted molar refractivity (Wildman–Crippen MR) is 521 cm³/mol. The van der Waals surface area contributed by atoms with Crippen LogP contribution in [0.15, 0.2) is 427 Å². The Bertz CT molecular complexity index is 7420. The molecule has 0 atom stereocenters. The lowest BCUT2D eigenvalue weighted by Crippen LogP contribution is -2.00. The molecule has 0 amide bonds. The van der Waals surface area contributed by atoms with Crippen LogP contribution in [-0.2, 0) is 0 Å². The van der Waals surface area contributed by atoms with Gasteiger partial charge < -0.3 is 4.42 Å². The highest BCUT2D eigenvalue weighted by molar-refractivity contribution is 9.11. The minimum atomic E-state index is 0.661. The third-order valence-corrected chi connectivity index (χ3v) is 23.9. The summed E-state index contributed by atoms with van der Waals surface area (Å²) < 4.78 is 12.5. The summed E-state index contributed by atoms with van der Waals surface area (Å²) in [5.41, 5.74) is 22.8. The maximum Gasteiger partial charge on any atom is 0.180 e. The lowest BCUT2D eigenvalue weighted by molar-refractivity contribution is 0.667. The van der Waals surface area contributed by atoms with E-state index in [1.807, 2.05) is 315 Å². The van der Waals surface area contributed by atoms with Crippen LogP contribution in [0.5, 0.6) is 0 Å². The Morgan fingerprint density at radius 1 is 0.211 bits per heavy atom. The van der Waals surface area contributed by atoms with Gasteiger partial charge in [0.2, 0.25) is 0 Å². The van der Waals surface area contributed by atoms with Gasteiger partial charge in [0.05, 0.1) is 45.0 Å². The number of nitrogens with zero attached hydrogens (tertiary/aromatic N) is 11. The highest BCUT2D eigenvalue weighted by Gasteiger charge is 2.22. The Morgan fingerprint density at radius 2 is 0.585 bits per heavy atom. The lowest BCUT2D eigenvalue weighted by atomic mass is 10.0. The van der Waals surface area contributed by atoms with E-state index in [9.17, 15) is 0 Å². The van der Waals surface area contributed by atoms with Gasteiger partial charge in [0, 0.05) is 104 Å². The van der Waals surface area contributed by atoms with Crippen LogP contribution in [0, 0.1) is 0 Å². The van der Waals surface area contributed by atoms with E-state index in [0.29, 0.717) is 23.3 Å². The molecule has 15 aromatic carbocycles. The topological polar surface area (TPSA) is 155 Å². The lowest BCUT2D eigenvalue weighted by Gasteiger charge is -2.11. The number of halogens is 5. The van der Waals surface area contributed by atoms with Crippen molar-refractivity contribution in [3.63, 3.8) is 0 Å². The first-order chi connectivity index (χ1) is 60.5. The maximum absolute atomic E-state index is 6.12. The van der Waals surface area contributed by atoms with Gasteiger partial charge in [0.25, 0.3) is 0 Å². The molecule has 0 N–H and O–H groups in total. The van der Waals surface area contributed by atoms with Crippen molar-refractivity contribution in [3.05, 3.63) is 423 Å². The van der Waals surface area contributed by atoms with Crippen LogP contribution in [0.3, 0.4) is 0 Å². The molecule has 0 unspecified atom stereocenters. The predicted octanol–water partition coefficient (Wildman–Crippen LogP) is 30.5. The number of benzene rings is 15. The average molecular weight is 1930 g/mol. The Labute approximate surface area is 755 Å². The van der Waals surface area contributed by atoms with Gasteiger partial charge in [0.15, 0.2) is 34.7 Å². The SMILES string of the molecule is Brc1ccc(-c2nc(-c3ccccc3)c3ccccc3n2)cc1.Brc1ccc(-c2nc(-c3ccccc3)c3oc4ccccc4c3n2)cc1.Brc1ccc(-c2nc3sc4ccccc4c3nc2-c2ccccc2)cc1.Brc1cccc(-c2nc(-c3ccccc3)nc(-c3ccccc3)n2)c1.Brc1ccccc1-c1nc2ccccc2nc1-c1ccccc1. The van der Waals surface area contributed by atoms with Crippen molar-refractivity contribution < 1.29 is 4.42 Å². The van der Waals surface area contributed by atoms with Gasteiger partial charge in [-0.05, 0) is 91.0 Å². The van der Waals surface area contributed by atoms with Gasteiger partial charge in [0.1, 0.15) is 27.1 Å². The highest BCUT2D eigenvalue weighted by Crippen LogP contribution is 2.41. The summed E-state index contributed by atoms with van der Waals surface area (Å²) in [5.74, 6) is 3.44. The number of para-hydroxylation sites is 4. The summed E-state index contributed by atoms with van der Waals surface area (Å²) in [4.78, 5) is 54.2. The van der Waals surface area contributed by atoms with Crippen LogP contribution in [0.1, 0.15) is 0 Å². The molecule has 12 nitrogen and oxygen atoms in total. The number of rotatable bonds is 11. The number of fused-ring (bicyclic) bond motifs is 8. The highest BCUT2D eigenvalue weighted by atomic mass is 79.9. The first-order valence-corrected chi connectivity index (χ1v) is 44.1. The van der Waals surface area contributed by atoms with Gasteiger partial charge in [-0.25, -0.2) is 54.8 Å². The van der Waals surface area contributed by atoms with Crippen molar-refractivity contribution in [2.75, 3.05) is 0 Å².